The lowest BCUT2D eigenvalue weighted by Crippen LogP contribution is -2.39. The lowest BCUT2D eigenvalue weighted by Gasteiger charge is -2.31. The summed E-state index contributed by atoms with van der Waals surface area (Å²) in [5.41, 5.74) is 3.56. The van der Waals surface area contributed by atoms with Crippen molar-refractivity contribution >= 4 is 27.9 Å². The summed E-state index contributed by atoms with van der Waals surface area (Å²) < 4.78 is 11.2. The van der Waals surface area contributed by atoms with E-state index in [1.165, 1.54) is 0 Å². The Morgan fingerprint density at radius 2 is 2.14 bits per heavy atom. The fourth-order valence-electron chi connectivity index (χ4n) is 4.23. The number of methoxy groups -OCH3 is 1. The summed E-state index contributed by atoms with van der Waals surface area (Å²) in [7, 11) is 1.63. The van der Waals surface area contributed by atoms with E-state index in [2.05, 4.69) is 4.98 Å². The van der Waals surface area contributed by atoms with Gasteiger partial charge in [0, 0.05) is 30.0 Å². The maximum absolute atomic E-state index is 13.3. The maximum Gasteiger partial charge on any atom is 0.289 e. The molecule has 6 nitrogen and oxygen atoms in total. The number of benzene rings is 2. The number of carbonyl (C=O) groups is 1. The molecule has 4 aromatic rings. The highest BCUT2D eigenvalue weighted by Gasteiger charge is 2.30. The van der Waals surface area contributed by atoms with Crippen molar-refractivity contribution in [3.63, 3.8) is 0 Å². The molecule has 0 unspecified atom stereocenters. The summed E-state index contributed by atoms with van der Waals surface area (Å²) in [6.07, 6.45) is 1.96. The molecule has 29 heavy (non-hydrogen) atoms. The van der Waals surface area contributed by atoms with E-state index in [1.807, 2.05) is 54.3 Å². The Morgan fingerprint density at radius 1 is 1.28 bits per heavy atom. The number of likely N-dealkylation sites (tertiary alicyclic amines) is 1. The average molecular weight is 389 g/mol. The Kier molecular flexibility index (Phi) is 4.27. The third-order valence-corrected chi connectivity index (χ3v) is 5.84. The van der Waals surface area contributed by atoms with Crippen molar-refractivity contribution in [2.75, 3.05) is 20.2 Å². The van der Waals surface area contributed by atoms with Crippen LogP contribution in [0.4, 0.5) is 0 Å². The number of aromatic amines is 1. The van der Waals surface area contributed by atoms with Gasteiger partial charge < -0.3 is 19.0 Å². The van der Waals surface area contributed by atoms with Crippen LogP contribution in [-0.2, 0) is 0 Å². The number of aromatic nitrogens is 2. The minimum Gasteiger partial charge on any atom is -0.497 e. The van der Waals surface area contributed by atoms with Gasteiger partial charge in [0.15, 0.2) is 5.76 Å². The van der Waals surface area contributed by atoms with Gasteiger partial charge in [-0.25, -0.2) is 4.98 Å². The largest absolute Gasteiger partial charge is 0.497 e. The number of aryl methyl sites for hydroxylation is 1. The number of para-hydroxylation sites is 2. The van der Waals surface area contributed by atoms with Gasteiger partial charge in [0.2, 0.25) is 0 Å². The molecule has 1 aliphatic heterocycles. The molecule has 0 radical (unpaired) electrons. The number of piperidine rings is 1. The molecule has 1 atom stereocenters. The van der Waals surface area contributed by atoms with E-state index in [1.54, 1.807) is 7.11 Å². The smallest absolute Gasteiger partial charge is 0.289 e. The molecule has 0 bridgehead atoms. The molecular weight excluding hydrogens is 366 g/mol. The first kappa shape index (κ1) is 17.8. The highest BCUT2D eigenvalue weighted by molar-refractivity contribution is 5.99. The molecule has 1 saturated heterocycles. The van der Waals surface area contributed by atoms with Crippen LogP contribution in [0.1, 0.15) is 40.7 Å². The van der Waals surface area contributed by atoms with Gasteiger partial charge in [-0.1, -0.05) is 12.1 Å². The fourth-order valence-corrected chi connectivity index (χ4v) is 4.23. The Morgan fingerprint density at radius 3 is 2.97 bits per heavy atom. The molecule has 3 heterocycles. The number of nitrogens with zero attached hydrogens (tertiary/aromatic N) is 2. The zero-order valence-electron chi connectivity index (χ0n) is 16.6. The summed E-state index contributed by atoms with van der Waals surface area (Å²) >= 11 is 0. The number of furan rings is 1. The van der Waals surface area contributed by atoms with Crippen molar-refractivity contribution in [2.45, 2.75) is 25.7 Å². The number of rotatable bonds is 3. The molecule has 1 amide bonds. The minimum absolute atomic E-state index is 0.0570. The van der Waals surface area contributed by atoms with E-state index in [0.717, 1.165) is 52.9 Å². The molecule has 5 rings (SSSR count). The lowest BCUT2D eigenvalue weighted by molar-refractivity contribution is 0.0674. The minimum atomic E-state index is -0.0570. The topological polar surface area (TPSA) is 71.4 Å². The normalized spacial score (nSPS) is 17.2. The Labute approximate surface area is 168 Å². The molecule has 0 spiro atoms. The lowest BCUT2D eigenvalue weighted by atomic mass is 9.97. The van der Waals surface area contributed by atoms with E-state index >= 15 is 0 Å². The first-order valence-corrected chi connectivity index (χ1v) is 9.95. The summed E-state index contributed by atoms with van der Waals surface area (Å²) in [4.78, 5) is 23.3. The van der Waals surface area contributed by atoms with Crippen LogP contribution in [0.2, 0.25) is 0 Å². The third-order valence-electron chi connectivity index (χ3n) is 5.84. The first-order valence-electron chi connectivity index (χ1n) is 9.95. The SMILES string of the molecule is COc1ccc2oc(C(=O)N3CCC[C@@H](c4nc5ccccc5[nH]4)C3)c(C)c2c1. The van der Waals surface area contributed by atoms with E-state index in [0.29, 0.717) is 17.9 Å². The van der Waals surface area contributed by atoms with Crippen LogP contribution in [0, 0.1) is 6.92 Å². The Bertz CT molecular complexity index is 1170. The second kappa shape index (κ2) is 6.95. The number of fused-ring (bicyclic) bond motifs is 2. The summed E-state index contributed by atoms with van der Waals surface area (Å²) in [5.74, 6) is 2.26. The monoisotopic (exact) mass is 389 g/mol. The predicted octanol–water partition coefficient (Wildman–Crippen LogP) is 4.65. The molecule has 1 fully saturated rings. The number of ether oxygens (including phenoxy) is 1. The van der Waals surface area contributed by atoms with Crippen LogP contribution in [0.5, 0.6) is 5.75 Å². The highest BCUT2D eigenvalue weighted by Crippen LogP contribution is 2.32. The van der Waals surface area contributed by atoms with Gasteiger partial charge in [-0.2, -0.15) is 0 Å². The van der Waals surface area contributed by atoms with Crippen molar-refractivity contribution in [2.24, 2.45) is 0 Å². The Balaban J connectivity index is 1.42. The van der Waals surface area contributed by atoms with E-state index in [9.17, 15) is 4.79 Å². The number of carbonyl (C=O) groups excluding carboxylic acids is 1. The number of imidazole rings is 1. The van der Waals surface area contributed by atoms with E-state index in [4.69, 9.17) is 14.1 Å². The molecule has 1 N–H and O–H groups in total. The van der Waals surface area contributed by atoms with Gasteiger partial charge >= 0.3 is 0 Å². The molecule has 1 aliphatic rings. The zero-order chi connectivity index (χ0) is 20.0. The summed E-state index contributed by atoms with van der Waals surface area (Å²) in [6.45, 7) is 3.30. The summed E-state index contributed by atoms with van der Waals surface area (Å²) in [5, 5.41) is 0.915. The second-order valence-corrected chi connectivity index (χ2v) is 7.65. The van der Waals surface area contributed by atoms with E-state index < -0.39 is 0 Å². The van der Waals surface area contributed by atoms with Gasteiger partial charge in [-0.15, -0.1) is 0 Å². The van der Waals surface area contributed by atoms with Crippen LogP contribution >= 0.6 is 0 Å². The van der Waals surface area contributed by atoms with Gasteiger partial charge in [-0.05, 0) is 50.1 Å². The standard InChI is InChI=1S/C23H23N3O3/c1-14-17-12-16(28-2)9-10-20(17)29-21(14)23(27)26-11-5-6-15(13-26)22-24-18-7-3-4-8-19(18)25-22/h3-4,7-10,12,15H,5-6,11,13H2,1-2H3,(H,24,25)/t15-/m1/s1. The quantitative estimate of drug-likeness (QED) is 0.554. The molecular formula is C23H23N3O3. The van der Waals surface area contributed by atoms with Crippen LogP contribution in [0.15, 0.2) is 46.9 Å². The third kappa shape index (κ3) is 3.05. The van der Waals surface area contributed by atoms with Crippen molar-refractivity contribution in [1.29, 1.82) is 0 Å². The van der Waals surface area contributed by atoms with Gasteiger partial charge in [-0.3, -0.25) is 4.79 Å². The molecule has 2 aromatic carbocycles. The summed E-state index contributed by atoms with van der Waals surface area (Å²) in [6, 6.07) is 13.6. The number of amides is 1. The number of hydrogen-bond donors (Lipinski definition) is 1. The molecule has 2 aromatic heterocycles. The van der Waals surface area contributed by atoms with Gasteiger partial charge in [0.25, 0.3) is 5.91 Å². The number of H-pyrrole nitrogens is 1. The first-order chi connectivity index (χ1) is 14.1. The molecule has 6 heteroatoms. The fraction of sp³-hybridized carbons (Fsp3) is 0.304. The maximum atomic E-state index is 13.3. The predicted molar refractivity (Wildman–Crippen MR) is 111 cm³/mol. The van der Waals surface area contributed by atoms with Crippen LogP contribution in [-0.4, -0.2) is 41.0 Å². The van der Waals surface area contributed by atoms with Crippen molar-refractivity contribution in [3.8, 4) is 5.75 Å². The van der Waals surface area contributed by atoms with Crippen LogP contribution in [0.3, 0.4) is 0 Å². The second-order valence-electron chi connectivity index (χ2n) is 7.65. The molecule has 0 saturated carbocycles. The number of nitrogens with one attached hydrogen (secondary N) is 1. The Hall–Kier alpha value is -3.28. The van der Waals surface area contributed by atoms with Crippen molar-refractivity contribution in [3.05, 3.63) is 59.6 Å². The zero-order valence-corrected chi connectivity index (χ0v) is 16.6. The molecule has 0 aliphatic carbocycles. The highest BCUT2D eigenvalue weighted by atomic mass is 16.5. The van der Waals surface area contributed by atoms with Crippen LogP contribution in [0.25, 0.3) is 22.0 Å². The van der Waals surface area contributed by atoms with Gasteiger partial charge in [0.1, 0.15) is 17.2 Å². The van der Waals surface area contributed by atoms with E-state index in [-0.39, 0.29) is 11.8 Å². The number of hydrogen-bond acceptors (Lipinski definition) is 4. The average Bonchev–Trinajstić information content (AvgIpc) is 3.34. The van der Waals surface area contributed by atoms with Crippen molar-refractivity contribution in [1.82, 2.24) is 14.9 Å². The molecule has 148 valence electrons. The van der Waals surface area contributed by atoms with Gasteiger partial charge in [0.05, 0.1) is 18.1 Å². The van der Waals surface area contributed by atoms with Crippen molar-refractivity contribution < 1.29 is 13.9 Å². The van der Waals surface area contributed by atoms with Crippen LogP contribution < -0.4 is 4.74 Å².